The molecule has 4 fully saturated rings. The van der Waals surface area contributed by atoms with Crippen molar-refractivity contribution in [3.8, 4) is 0 Å². The molecule has 31 heavy (non-hydrogen) atoms. The van der Waals surface area contributed by atoms with Gasteiger partial charge in [-0.05, 0) is 110 Å². The molecule has 12 atom stereocenters. The molecule has 0 spiro atoms. The van der Waals surface area contributed by atoms with Gasteiger partial charge < -0.3 is 20.4 Å². The van der Waals surface area contributed by atoms with Crippen LogP contribution in [0.4, 0.5) is 0 Å². The fourth-order valence-electron chi connectivity index (χ4n) is 9.10. The Balaban J connectivity index is 1.58. The first-order chi connectivity index (χ1) is 14.5. The first kappa shape index (κ1) is 24.0. The Kier molecular flexibility index (Phi) is 6.62. The van der Waals surface area contributed by atoms with Crippen LogP contribution < -0.4 is 0 Å². The molecule has 4 aliphatic carbocycles. The summed E-state index contributed by atoms with van der Waals surface area (Å²) in [7, 11) is 0. The second-order valence-electron chi connectivity index (χ2n) is 12.9. The summed E-state index contributed by atoms with van der Waals surface area (Å²) in [4.78, 5) is 0. The average molecular weight is 437 g/mol. The number of aliphatic hydroxyl groups is 4. The second kappa shape index (κ2) is 8.56. The molecule has 0 bridgehead atoms. The lowest BCUT2D eigenvalue weighted by molar-refractivity contribution is -0.208. The van der Waals surface area contributed by atoms with E-state index in [-0.39, 0.29) is 47.1 Å². The summed E-state index contributed by atoms with van der Waals surface area (Å²) in [6.07, 6.45) is 6.96. The van der Waals surface area contributed by atoms with E-state index in [2.05, 4.69) is 34.6 Å². The normalized spacial score (nSPS) is 51.7. The van der Waals surface area contributed by atoms with Crippen LogP contribution in [0.3, 0.4) is 0 Å². The van der Waals surface area contributed by atoms with Crippen LogP contribution >= 0.6 is 0 Å². The van der Waals surface area contributed by atoms with Crippen molar-refractivity contribution in [2.75, 3.05) is 0 Å². The summed E-state index contributed by atoms with van der Waals surface area (Å²) < 4.78 is 0. The molecule has 0 amide bonds. The number of fused-ring (bicyclic) bond motifs is 5. The summed E-state index contributed by atoms with van der Waals surface area (Å²) in [5.41, 5.74) is -0.107. The van der Waals surface area contributed by atoms with Gasteiger partial charge in [-0.25, -0.2) is 0 Å². The highest BCUT2D eigenvalue weighted by molar-refractivity contribution is 5.14. The van der Waals surface area contributed by atoms with Crippen LogP contribution in [0.2, 0.25) is 0 Å². The molecule has 0 saturated heterocycles. The van der Waals surface area contributed by atoms with Gasteiger partial charge in [0.25, 0.3) is 0 Å². The summed E-state index contributed by atoms with van der Waals surface area (Å²) in [6.45, 7) is 11.3. The van der Waals surface area contributed by atoms with E-state index in [9.17, 15) is 20.4 Å². The number of hydrogen-bond acceptors (Lipinski definition) is 4. The molecule has 4 nitrogen and oxygen atoms in total. The maximum absolute atomic E-state index is 11.6. The van der Waals surface area contributed by atoms with Crippen LogP contribution in [0.1, 0.15) is 92.4 Å². The molecule has 0 aliphatic heterocycles. The lowest BCUT2D eigenvalue weighted by Crippen LogP contribution is -2.62. The van der Waals surface area contributed by atoms with Crippen molar-refractivity contribution in [3.63, 3.8) is 0 Å². The Morgan fingerprint density at radius 3 is 2.26 bits per heavy atom. The van der Waals surface area contributed by atoms with Gasteiger partial charge in [-0.1, -0.05) is 34.6 Å². The minimum absolute atomic E-state index is 0.117. The molecular formula is C27H48O4. The third-order valence-electron chi connectivity index (χ3n) is 11.1. The topological polar surface area (TPSA) is 80.9 Å². The molecule has 4 rings (SSSR count). The number of rotatable bonds is 5. The maximum Gasteiger partial charge on any atom is 0.0602 e. The molecule has 0 radical (unpaired) electrons. The van der Waals surface area contributed by atoms with Gasteiger partial charge in [-0.3, -0.25) is 0 Å². The van der Waals surface area contributed by atoms with Crippen molar-refractivity contribution in [3.05, 3.63) is 0 Å². The molecule has 4 saturated carbocycles. The molecule has 0 heterocycles. The Labute approximate surface area is 189 Å². The third kappa shape index (κ3) is 3.82. The molecule has 0 aromatic heterocycles. The predicted molar refractivity (Wildman–Crippen MR) is 123 cm³/mol. The molecule has 4 aliphatic rings. The van der Waals surface area contributed by atoms with Gasteiger partial charge in [0.15, 0.2) is 0 Å². The van der Waals surface area contributed by atoms with Gasteiger partial charge in [0.1, 0.15) is 0 Å². The predicted octanol–water partition coefficient (Wildman–Crippen LogP) is 4.38. The zero-order valence-corrected chi connectivity index (χ0v) is 20.5. The number of hydrogen-bond donors (Lipinski definition) is 4. The van der Waals surface area contributed by atoms with Crippen molar-refractivity contribution in [2.45, 2.75) is 117 Å². The van der Waals surface area contributed by atoms with Crippen LogP contribution in [0.25, 0.3) is 0 Å². The first-order valence-corrected chi connectivity index (χ1v) is 13.2. The van der Waals surface area contributed by atoms with Gasteiger partial charge in [0.2, 0.25) is 0 Å². The third-order valence-corrected chi connectivity index (χ3v) is 11.1. The zero-order chi connectivity index (χ0) is 22.7. The van der Waals surface area contributed by atoms with Gasteiger partial charge in [0.05, 0.1) is 24.4 Å². The Morgan fingerprint density at radius 2 is 1.58 bits per heavy atom. The van der Waals surface area contributed by atoms with Gasteiger partial charge in [-0.2, -0.15) is 0 Å². The van der Waals surface area contributed by atoms with Crippen molar-refractivity contribution in [1.29, 1.82) is 0 Å². The molecule has 0 aromatic carbocycles. The second-order valence-corrected chi connectivity index (χ2v) is 12.9. The highest BCUT2D eigenvalue weighted by Crippen LogP contribution is 2.68. The fourth-order valence-corrected chi connectivity index (χ4v) is 9.10. The first-order valence-electron chi connectivity index (χ1n) is 13.2. The maximum atomic E-state index is 11.6. The molecular weight excluding hydrogens is 388 g/mol. The van der Waals surface area contributed by atoms with E-state index >= 15 is 0 Å². The van der Waals surface area contributed by atoms with E-state index < -0.39 is 0 Å². The van der Waals surface area contributed by atoms with Crippen molar-refractivity contribution in [2.24, 2.45) is 52.3 Å². The highest BCUT2D eigenvalue weighted by Gasteiger charge is 2.66. The van der Waals surface area contributed by atoms with E-state index in [1.54, 1.807) is 0 Å². The van der Waals surface area contributed by atoms with Crippen LogP contribution in [-0.2, 0) is 0 Å². The van der Waals surface area contributed by atoms with E-state index in [0.29, 0.717) is 29.6 Å². The summed E-state index contributed by atoms with van der Waals surface area (Å²) in [6, 6.07) is 0. The van der Waals surface area contributed by atoms with E-state index in [0.717, 1.165) is 57.8 Å². The van der Waals surface area contributed by atoms with Crippen LogP contribution in [0, 0.1) is 52.3 Å². The molecule has 0 aromatic rings. The van der Waals surface area contributed by atoms with E-state index in [1.165, 1.54) is 0 Å². The van der Waals surface area contributed by atoms with Crippen molar-refractivity contribution < 1.29 is 20.4 Å². The van der Waals surface area contributed by atoms with Crippen LogP contribution in [0.15, 0.2) is 0 Å². The van der Waals surface area contributed by atoms with E-state index in [4.69, 9.17) is 0 Å². The highest BCUT2D eigenvalue weighted by atomic mass is 16.3. The zero-order valence-electron chi connectivity index (χ0n) is 20.5. The summed E-state index contributed by atoms with van der Waals surface area (Å²) in [5.74, 6) is 2.34. The Bertz CT molecular complexity index is 637. The molecule has 0 unspecified atom stereocenters. The van der Waals surface area contributed by atoms with Crippen molar-refractivity contribution >= 4 is 0 Å². The lowest BCUT2D eigenvalue weighted by Gasteiger charge is -2.63. The largest absolute Gasteiger partial charge is 0.393 e. The standard InChI is InChI=1S/C27H48O4/c1-15(2)6-9-22(29)16(3)19-7-8-20-25-21(14-24(31)27(19,20)5)26(4)11-10-18(28)12-17(26)13-23(25)30/h15-25,28-31H,6-14H2,1-5H3/t16-,17-,18+,19+,20-,21-,22-,23+,24-,25-,26-,27+/m0/s1. The Hall–Kier alpha value is -0.160. The van der Waals surface area contributed by atoms with Crippen LogP contribution in [0.5, 0.6) is 0 Å². The monoisotopic (exact) mass is 436 g/mol. The smallest absolute Gasteiger partial charge is 0.0602 e. The molecule has 180 valence electrons. The van der Waals surface area contributed by atoms with E-state index in [1.807, 2.05) is 0 Å². The minimum atomic E-state index is -0.374. The molecule has 4 heteroatoms. The fraction of sp³-hybridized carbons (Fsp3) is 1.00. The van der Waals surface area contributed by atoms with Crippen LogP contribution in [-0.4, -0.2) is 44.8 Å². The lowest BCUT2D eigenvalue weighted by atomic mass is 9.43. The number of aliphatic hydroxyl groups excluding tert-OH is 4. The van der Waals surface area contributed by atoms with Gasteiger partial charge in [0, 0.05) is 0 Å². The SMILES string of the molecule is CC(C)CC[C@H](O)[C@@H](C)[C@H]1CC[C@H]2[C@@H]3[C@H](O)C[C@@H]4C[C@H](O)CC[C@]4(C)[C@H]3C[C@H](O)[C@]12C. The summed E-state index contributed by atoms with van der Waals surface area (Å²) in [5, 5.41) is 44.2. The van der Waals surface area contributed by atoms with Crippen molar-refractivity contribution in [1.82, 2.24) is 0 Å². The van der Waals surface area contributed by atoms with Gasteiger partial charge >= 0.3 is 0 Å². The summed E-state index contributed by atoms with van der Waals surface area (Å²) >= 11 is 0. The van der Waals surface area contributed by atoms with Gasteiger partial charge in [-0.15, -0.1) is 0 Å². The molecule has 4 N–H and O–H groups in total. The average Bonchev–Trinajstić information content (AvgIpc) is 3.06. The quantitative estimate of drug-likeness (QED) is 0.515. The minimum Gasteiger partial charge on any atom is -0.393 e. The Morgan fingerprint density at radius 1 is 0.871 bits per heavy atom.